The van der Waals surface area contributed by atoms with Crippen molar-refractivity contribution in [2.75, 3.05) is 26.7 Å². The summed E-state index contributed by atoms with van der Waals surface area (Å²) in [6.45, 7) is 17.7. The van der Waals surface area contributed by atoms with Crippen molar-refractivity contribution in [1.29, 1.82) is 0 Å². The molecule has 0 atom stereocenters. The number of rotatable bonds is 42. The monoisotopic (exact) mass is 849 g/mol. The molecule has 0 spiro atoms. The molecular formula is C50H102Cl2N2O3. The van der Waals surface area contributed by atoms with Crippen molar-refractivity contribution in [3.63, 3.8) is 0 Å². The Morgan fingerprint density at radius 2 is 0.526 bits per heavy atom. The molecule has 0 amide bonds. The van der Waals surface area contributed by atoms with Crippen LogP contribution in [0.15, 0.2) is 0 Å². The Kier molecular flexibility index (Phi) is 51.6. The van der Waals surface area contributed by atoms with E-state index in [9.17, 15) is 14.4 Å². The lowest BCUT2D eigenvalue weighted by Crippen LogP contribution is -3.00. The second-order valence-corrected chi connectivity index (χ2v) is 17.7. The van der Waals surface area contributed by atoms with Crippen molar-refractivity contribution in [3.8, 4) is 0 Å². The van der Waals surface area contributed by atoms with E-state index in [4.69, 9.17) is 5.73 Å². The highest BCUT2D eigenvalue weighted by Crippen LogP contribution is 2.21. The molecule has 0 aromatic heterocycles. The van der Waals surface area contributed by atoms with Gasteiger partial charge >= 0.3 is 0 Å². The van der Waals surface area contributed by atoms with Gasteiger partial charge in [-0.05, 0) is 57.8 Å². The van der Waals surface area contributed by atoms with Crippen LogP contribution in [0.2, 0.25) is 0 Å². The van der Waals surface area contributed by atoms with Crippen LogP contribution >= 0.6 is 12.4 Å². The summed E-state index contributed by atoms with van der Waals surface area (Å²) in [5.41, 5.74) is 4.40. The molecule has 0 heterocycles. The number of carbonyl (C=O) groups excluding carboxylic acids is 3. The molecule has 0 saturated carbocycles. The van der Waals surface area contributed by atoms with Crippen LogP contribution in [0, 0.1) is 0 Å². The molecule has 0 aliphatic heterocycles. The van der Waals surface area contributed by atoms with E-state index in [1.54, 1.807) is 0 Å². The number of unbranched alkanes of at least 4 members (excludes halogenated alkanes) is 27. The molecule has 7 heteroatoms. The summed E-state index contributed by atoms with van der Waals surface area (Å²) in [6.07, 6.45) is 41.7. The van der Waals surface area contributed by atoms with Gasteiger partial charge in [-0.25, -0.2) is 0 Å². The van der Waals surface area contributed by atoms with Crippen LogP contribution < -0.4 is 18.1 Å². The van der Waals surface area contributed by atoms with Crippen LogP contribution in [0.5, 0.6) is 0 Å². The fourth-order valence-electron chi connectivity index (χ4n) is 7.88. The van der Waals surface area contributed by atoms with E-state index in [0.717, 1.165) is 77.0 Å². The molecule has 0 aromatic rings. The Balaban J connectivity index is -0.000000479. The van der Waals surface area contributed by atoms with Gasteiger partial charge in [0, 0.05) is 19.3 Å². The van der Waals surface area contributed by atoms with Crippen molar-refractivity contribution in [1.82, 2.24) is 0 Å². The molecule has 0 unspecified atom stereocenters. The first-order valence-corrected chi connectivity index (χ1v) is 24.9. The van der Waals surface area contributed by atoms with Crippen LogP contribution in [0.3, 0.4) is 0 Å². The number of nitrogens with two attached hydrogens (primary N) is 1. The quantitative estimate of drug-likeness (QED) is 0.0377. The van der Waals surface area contributed by atoms with Crippen molar-refractivity contribution >= 4 is 29.8 Å². The SMILES string of the molecule is CCCCCCCC(=O)C(N)(C(=O)CCCCCCC)C(=O)CCCCCCC.CCCCCCCC[N+](C)(CCCCCCCC)CCCCCCCC.Cl.[Cl-]. The zero-order valence-electron chi connectivity index (χ0n) is 39.6. The van der Waals surface area contributed by atoms with Gasteiger partial charge in [0.1, 0.15) is 0 Å². The molecule has 0 radical (unpaired) electrons. The minimum absolute atomic E-state index is 0. The number of ketones is 3. The summed E-state index contributed by atoms with van der Waals surface area (Å²) in [5.74, 6) is -1.07. The lowest BCUT2D eigenvalue weighted by atomic mass is 9.79. The Labute approximate surface area is 370 Å². The summed E-state index contributed by atoms with van der Waals surface area (Å²) < 4.78 is 1.36. The summed E-state index contributed by atoms with van der Waals surface area (Å²) >= 11 is 0. The standard InChI is InChI=1S/C25H47NO3.C25H54N.2ClH/c1-4-7-10-13-16-19-22(27)25(26,23(28)20-17-14-11-8-5-2)24(29)21-18-15-12-9-6-3;1-5-8-11-14-17-20-23-26(4,24-21-18-15-12-9-6-2)25-22-19-16-13-10-7-3;;/h4-21,26H2,1-3H3;5-25H2,1-4H3;2*1H/q;+1;;/p-1. The Hall–Kier alpha value is -0.490. The minimum Gasteiger partial charge on any atom is -1.00 e. The molecule has 0 aliphatic carbocycles. The van der Waals surface area contributed by atoms with Gasteiger partial charge in [0.25, 0.3) is 0 Å². The Morgan fingerprint density at radius 3 is 0.737 bits per heavy atom. The Bertz CT molecular complexity index is 763. The number of halogens is 2. The molecule has 57 heavy (non-hydrogen) atoms. The fraction of sp³-hybridized carbons (Fsp3) is 0.940. The van der Waals surface area contributed by atoms with Gasteiger partial charge in [-0.2, -0.15) is 0 Å². The molecule has 0 fully saturated rings. The van der Waals surface area contributed by atoms with Gasteiger partial charge in [-0.1, -0.05) is 196 Å². The van der Waals surface area contributed by atoms with Crippen LogP contribution in [-0.2, 0) is 14.4 Å². The number of hydrogen-bond donors (Lipinski definition) is 1. The second-order valence-electron chi connectivity index (χ2n) is 17.7. The fourth-order valence-corrected chi connectivity index (χ4v) is 7.88. The first kappa shape index (κ1) is 63.2. The van der Waals surface area contributed by atoms with E-state index < -0.39 is 5.54 Å². The normalized spacial score (nSPS) is 11.4. The molecule has 0 aliphatic rings. The predicted molar refractivity (Wildman–Crippen MR) is 250 cm³/mol. The molecule has 0 rings (SSSR count). The first-order chi connectivity index (χ1) is 26.6. The average Bonchev–Trinajstić information content (AvgIpc) is 3.18. The predicted octanol–water partition coefficient (Wildman–Crippen LogP) is 12.4. The van der Waals surface area contributed by atoms with E-state index >= 15 is 0 Å². The minimum atomic E-state index is -1.90. The van der Waals surface area contributed by atoms with Crippen LogP contribution in [-0.4, -0.2) is 54.1 Å². The van der Waals surface area contributed by atoms with Crippen LogP contribution in [0.4, 0.5) is 0 Å². The summed E-state index contributed by atoms with van der Waals surface area (Å²) in [6, 6.07) is 0. The Morgan fingerprint density at radius 1 is 0.351 bits per heavy atom. The lowest BCUT2D eigenvalue weighted by Gasteiger charge is -2.35. The summed E-state index contributed by atoms with van der Waals surface area (Å²) in [4.78, 5) is 38.7. The highest BCUT2D eigenvalue weighted by molar-refractivity contribution is 6.29. The van der Waals surface area contributed by atoms with E-state index in [0.29, 0.717) is 19.3 Å². The third-order valence-electron chi connectivity index (χ3n) is 12.0. The van der Waals surface area contributed by atoms with Crippen molar-refractivity contribution in [2.45, 2.75) is 278 Å². The van der Waals surface area contributed by atoms with E-state index in [2.05, 4.69) is 48.6 Å². The number of Topliss-reactive ketones (excluding diaryl/α,β-unsaturated/α-hetero) is 3. The van der Waals surface area contributed by atoms with Gasteiger partial charge in [0.15, 0.2) is 22.9 Å². The molecule has 2 N–H and O–H groups in total. The number of carbonyl (C=O) groups is 3. The van der Waals surface area contributed by atoms with Gasteiger partial charge < -0.3 is 22.6 Å². The first-order valence-electron chi connectivity index (χ1n) is 24.9. The molecule has 5 nitrogen and oxygen atoms in total. The summed E-state index contributed by atoms with van der Waals surface area (Å²) in [7, 11) is 2.56. The molecule has 0 aromatic carbocycles. The maximum absolute atomic E-state index is 12.9. The van der Waals surface area contributed by atoms with Gasteiger partial charge in [0.05, 0.1) is 26.7 Å². The molecular weight excluding hydrogens is 747 g/mol. The number of nitrogens with zero attached hydrogens (tertiary/aromatic N) is 1. The molecule has 344 valence electrons. The van der Waals surface area contributed by atoms with Crippen LogP contribution in [0.1, 0.15) is 273 Å². The maximum Gasteiger partial charge on any atom is 0.193 e. The van der Waals surface area contributed by atoms with Crippen molar-refractivity contribution in [3.05, 3.63) is 0 Å². The van der Waals surface area contributed by atoms with Gasteiger partial charge in [-0.15, -0.1) is 12.4 Å². The topological polar surface area (TPSA) is 77.2 Å². The second kappa shape index (κ2) is 46.6. The zero-order valence-corrected chi connectivity index (χ0v) is 41.2. The largest absolute Gasteiger partial charge is 1.00 e. The van der Waals surface area contributed by atoms with Gasteiger partial charge in [0.2, 0.25) is 0 Å². The van der Waals surface area contributed by atoms with Crippen molar-refractivity contribution < 1.29 is 31.3 Å². The van der Waals surface area contributed by atoms with E-state index in [-0.39, 0.29) is 61.4 Å². The number of hydrogen-bond acceptors (Lipinski definition) is 4. The third-order valence-corrected chi connectivity index (χ3v) is 12.0. The number of quaternary nitrogens is 1. The van der Waals surface area contributed by atoms with Gasteiger partial charge in [-0.3, -0.25) is 14.4 Å². The van der Waals surface area contributed by atoms with Crippen LogP contribution in [0.25, 0.3) is 0 Å². The average molecular weight is 850 g/mol. The van der Waals surface area contributed by atoms with Crippen molar-refractivity contribution in [2.24, 2.45) is 5.73 Å². The third kappa shape index (κ3) is 37.0. The summed E-state index contributed by atoms with van der Waals surface area (Å²) in [5, 5.41) is 0. The highest BCUT2D eigenvalue weighted by Gasteiger charge is 2.46. The van der Waals surface area contributed by atoms with E-state index in [1.165, 1.54) is 140 Å². The zero-order chi connectivity index (χ0) is 41.3. The molecule has 0 bridgehead atoms. The van der Waals surface area contributed by atoms with E-state index in [1.807, 2.05) is 0 Å². The maximum atomic E-state index is 12.9. The smallest absolute Gasteiger partial charge is 0.193 e. The lowest BCUT2D eigenvalue weighted by molar-refractivity contribution is -0.910. The molecule has 0 saturated heterocycles. The highest BCUT2D eigenvalue weighted by atomic mass is 35.5.